The van der Waals surface area contributed by atoms with Crippen LogP contribution in [0.25, 0.3) is 0 Å². The summed E-state index contributed by atoms with van der Waals surface area (Å²) in [7, 11) is 0. The number of allylic oxidation sites excluding steroid dienone is 1. The van der Waals surface area contributed by atoms with Gasteiger partial charge in [-0.2, -0.15) is 0 Å². The molecule has 0 heterocycles. The fraction of sp³-hybridized carbons (Fsp3) is 0.714. The van der Waals surface area contributed by atoms with E-state index in [4.69, 9.17) is 4.74 Å². The molecular formula is C14H21NO3. The minimum Gasteiger partial charge on any atom is -0.450 e. The van der Waals surface area contributed by atoms with Crippen LogP contribution in [0.5, 0.6) is 0 Å². The summed E-state index contributed by atoms with van der Waals surface area (Å²) in [5, 5.41) is 2.55. The van der Waals surface area contributed by atoms with E-state index in [0.29, 0.717) is 6.61 Å². The van der Waals surface area contributed by atoms with Crippen molar-refractivity contribution in [1.82, 2.24) is 5.32 Å². The average molecular weight is 251 g/mol. The molecule has 0 spiro atoms. The SMILES string of the molecule is CCOC(=O)N/C=C1\C(=O)[C@]2(C)CC[C@H]1C2(C)C. The predicted octanol–water partition coefficient (Wildman–Crippen LogP) is 2.64. The molecule has 2 saturated carbocycles. The quantitative estimate of drug-likeness (QED) is 0.768. The van der Waals surface area contributed by atoms with Crippen molar-refractivity contribution in [1.29, 1.82) is 0 Å². The van der Waals surface area contributed by atoms with Crippen LogP contribution in [0.4, 0.5) is 4.79 Å². The van der Waals surface area contributed by atoms with E-state index in [1.807, 2.05) is 6.92 Å². The van der Waals surface area contributed by atoms with Crippen LogP contribution in [-0.2, 0) is 9.53 Å². The molecule has 0 aromatic rings. The van der Waals surface area contributed by atoms with Gasteiger partial charge in [0.2, 0.25) is 0 Å². The molecule has 0 unspecified atom stereocenters. The Labute approximate surface area is 108 Å². The first kappa shape index (κ1) is 13.1. The number of amides is 1. The highest BCUT2D eigenvalue weighted by molar-refractivity contribution is 6.04. The van der Waals surface area contributed by atoms with Gasteiger partial charge in [0.25, 0.3) is 0 Å². The molecule has 1 amide bonds. The molecule has 18 heavy (non-hydrogen) atoms. The minimum absolute atomic E-state index is 0.0216. The molecule has 0 radical (unpaired) electrons. The summed E-state index contributed by atoms with van der Waals surface area (Å²) in [5.41, 5.74) is 0.452. The first-order valence-corrected chi connectivity index (χ1v) is 6.52. The second-order valence-corrected chi connectivity index (χ2v) is 5.94. The Hall–Kier alpha value is -1.32. The van der Waals surface area contributed by atoms with Gasteiger partial charge in [-0.15, -0.1) is 0 Å². The van der Waals surface area contributed by atoms with E-state index in [-0.39, 0.29) is 22.5 Å². The molecule has 2 bridgehead atoms. The zero-order chi connectivity index (χ0) is 13.6. The van der Waals surface area contributed by atoms with Gasteiger partial charge in [0.1, 0.15) is 0 Å². The third kappa shape index (κ3) is 1.58. The zero-order valence-corrected chi connectivity index (χ0v) is 11.5. The summed E-state index contributed by atoms with van der Waals surface area (Å²) in [6, 6.07) is 0. The van der Waals surface area contributed by atoms with E-state index >= 15 is 0 Å². The number of alkyl carbamates (subject to hydrolysis) is 1. The summed E-state index contributed by atoms with van der Waals surface area (Å²) < 4.78 is 4.79. The Balaban J connectivity index is 2.20. The lowest BCUT2D eigenvalue weighted by Crippen LogP contribution is -2.32. The van der Waals surface area contributed by atoms with Crippen LogP contribution < -0.4 is 5.32 Å². The van der Waals surface area contributed by atoms with Gasteiger partial charge in [0, 0.05) is 17.2 Å². The fourth-order valence-corrected chi connectivity index (χ4v) is 3.40. The van der Waals surface area contributed by atoms with E-state index in [2.05, 4.69) is 19.2 Å². The maximum atomic E-state index is 12.4. The van der Waals surface area contributed by atoms with Gasteiger partial charge in [-0.3, -0.25) is 10.1 Å². The molecule has 1 N–H and O–H groups in total. The van der Waals surface area contributed by atoms with Crippen LogP contribution in [-0.4, -0.2) is 18.5 Å². The van der Waals surface area contributed by atoms with E-state index in [0.717, 1.165) is 18.4 Å². The lowest BCUT2D eigenvalue weighted by atomic mass is 9.70. The van der Waals surface area contributed by atoms with Crippen LogP contribution in [0.2, 0.25) is 0 Å². The summed E-state index contributed by atoms with van der Waals surface area (Å²) in [5.74, 6) is 0.428. The van der Waals surface area contributed by atoms with Crippen LogP contribution in [0.15, 0.2) is 11.8 Å². The van der Waals surface area contributed by atoms with Gasteiger partial charge >= 0.3 is 6.09 Å². The number of Topliss-reactive ketones (excluding diaryl/α,β-unsaturated/α-hetero) is 1. The molecule has 0 aromatic heterocycles. The van der Waals surface area contributed by atoms with Gasteiger partial charge in [-0.25, -0.2) is 4.79 Å². The number of hydrogen-bond donors (Lipinski definition) is 1. The number of hydrogen-bond acceptors (Lipinski definition) is 3. The number of nitrogens with one attached hydrogen (secondary N) is 1. The van der Waals surface area contributed by atoms with Crippen molar-refractivity contribution >= 4 is 11.9 Å². The third-order valence-electron chi connectivity index (χ3n) is 4.99. The summed E-state index contributed by atoms with van der Waals surface area (Å²) in [6.07, 6.45) is 3.02. The van der Waals surface area contributed by atoms with E-state index in [1.165, 1.54) is 0 Å². The highest BCUT2D eigenvalue weighted by atomic mass is 16.5. The topological polar surface area (TPSA) is 55.4 Å². The van der Waals surface area contributed by atoms with Crippen molar-refractivity contribution < 1.29 is 14.3 Å². The van der Waals surface area contributed by atoms with E-state index in [1.54, 1.807) is 13.1 Å². The van der Waals surface area contributed by atoms with Crippen molar-refractivity contribution in [3.63, 3.8) is 0 Å². The Kier molecular flexibility index (Phi) is 2.99. The molecular weight excluding hydrogens is 230 g/mol. The molecule has 2 aliphatic carbocycles. The predicted molar refractivity (Wildman–Crippen MR) is 67.9 cm³/mol. The highest BCUT2D eigenvalue weighted by Crippen LogP contribution is 2.65. The normalized spacial score (nSPS) is 35.0. The lowest BCUT2D eigenvalue weighted by Gasteiger charge is -2.31. The van der Waals surface area contributed by atoms with E-state index in [9.17, 15) is 9.59 Å². The Morgan fingerprint density at radius 3 is 2.67 bits per heavy atom. The van der Waals surface area contributed by atoms with Gasteiger partial charge < -0.3 is 4.74 Å². The van der Waals surface area contributed by atoms with Gasteiger partial charge in [-0.1, -0.05) is 20.8 Å². The standard InChI is InChI=1S/C14H21NO3/c1-5-18-12(17)15-8-9-10-6-7-14(4,11(9)16)13(10,2)3/h8,10H,5-7H2,1-4H3,(H,15,17)/b9-8-/t10-,14+/m1/s1. The fourth-order valence-electron chi connectivity index (χ4n) is 3.40. The monoisotopic (exact) mass is 251 g/mol. The maximum Gasteiger partial charge on any atom is 0.411 e. The van der Waals surface area contributed by atoms with Crippen molar-refractivity contribution in [3.05, 3.63) is 11.8 Å². The second-order valence-electron chi connectivity index (χ2n) is 5.94. The van der Waals surface area contributed by atoms with Crippen molar-refractivity contribution in [3.8, 4) is 0 Å². The van der Waals surface area contributed by atoms with Crippen LogP contribution in [0.3, 0.4) is 0 Å². The number of carbonyl (C=O) groups is 2. The molecule has 2 atom stereocenters. The largest absolute Gasteiger partial charge is 0.450 e. The molecule has 2 rings (SSSR count). The molecule has 0 saturated heterocycles. The minimum atomic E-state index is -0.497. The first-order chi connectivity index (χ1) is 8.34. The van der Waals surface area contributed by atoms with Gasteiger partial charge in [-0.05, 0) is 31.1 Å². The number of ketones is 1. The zero-order valence-electron chi connectivity index (χ0n) is 11.5. The lowest BCUT2D eigenvalue weighted by molar-refractivity contribution is -0.125. The van der Waals surface area contributed by atoms with Gasteiger partial charge in [0.15, 0.2) is 5.78 Å². The molecule has 2 aliphatic rings. The molecule has 4 heteroatoms. The third-order valence-corrected chi connectivity index (χ3v) is 4.99. The maximum absolute atomic E-state index is 12.4. The number of rotatable bonds is 2. The van der Waals surface area contributed by atoms with Crippen LogP contribution in [0, 0.1) is 16.7 Å². The molecule has 0 aliphatic heterocycles. The smallest absolute Gasteiger partial charge is 0.411 e. The van der Waals surface area contributed by atoms with Crippen LogP contribution >= 0.6 is 0 Å². The Bertz CT molecular complexity index is 425. The van der Waals surface area contributed by atoms with Crippen molar-refractivity contribution in [2.45, 2.75) is 40.5 Å². The first-order valence-electron chi connectivity index (χ1n) is 6.52. The second kappa shape index (κ2) is 4.11. The Morgan fingerprint density at radius 2 is 2.17 bits per heavy atom. The summed E-state index contributed by atoms with van der Waals surface area (Å²) in [6.45, 7) is 8.41. The number of carbonyl (C=O) groups excluding carboxylic acids is 2. The molecule has 4 nitrogen and oxygen atoms in total. The highest BCUT2D eigenvalue weighted by Gasteiger charge is 2.63. The summed E-state index contributed by atoms with van der Waals surface area (Å²) >= 11 is 0. The van der Waals surface area contributed by atoms with Crippen molar-refractivity contribution in [2.24, 2.45) is 16.7 Å². The average Bonchev–Trinajstić information content (AvgIpc) is 2.60. The summed E-state index contributed by atoms with van der Waals surface area (Å²) in [4.78, 5) is 23.7. The number of fused-ring (bicyclic) bond motifs is 2. The molecule has 2 fully saturated rings. The molecule has 100 valence electrons. The molecule has 0 aromatic carbocycles. The van der Waals surface area contributed by atoms with Crippen molar-refractivity contribution in [2.75, 3.05) is 6.61 Å². The Morgan fingerprint density at radius 1 is 1.50 bits per heavy atom. The van der Waals surface area contributed by atoms with Gasteiger partial charge in [0.05, 0.1) is 6.61 Å². The van der Waals surface area contributed by atoms with Crippen LogP contribution in [0.1, 0.15) is 40.5 Å². The number of ether oxygens (including phenoxy) is 1. The van der Waals surface area contributed by atoms with E-state index < -0.39 is 6.09 Å².